The molecule has 0 atom stereocenters. The van der Waals surface area contributed by atoms with Crippen LogP contribution in [0.3, 0.4) is 0 Å². The van der Waals surface area contributed by atoms with Crippen molar-refractivity contribution in [3.05, 3.63) is 29.7 Å². The van der Waals surface area contributed by atoms with E-state index in [1.54, 1.807) is 4.40 Å². The fourth-order valence-corrected chi connectivity index (χ4v) is 1.17. The molecule has 2 rings (SSSR count). The molecule has 0 aliphatic carbocycles. The molecule has 3 nitrogen and oxygen atoms in total. The molecule has 2 aromatic rings. The van der Waals surface area contributed by atoms with E-state index in [0.29, 0.717) is 5.65 Å². The van der Waals surface area contributed by atoms with Gasteiger partial charge in [0.25, 0.3) is 0 Å². The topological polar surface area (TPSA) is 30.2 Å². The van der Waals surface area contributed by atoms with E-state index in [9.17, 15) is 4.39 Å². The molecule has 0 radical (unpaired) electrons. The number of halogens is 1. The van der Waals surface area contributed by atoms with Crippen molar-refractivity contribution in [1.82, 2.24) is 14.4 Å². The van der Waals surface area contributed by atoms with E-state index >= 15 is 0 Å². The smallest absolute Gasteiger partial charge is 0.229 e. The van der Waals surface area contributed by atoms with Gasteiger partial charge in [0, 0.05) is 5.69 Å². The highest BCUT2D eigenvalue weighted by Crippen LogP contribution is 2.09. The zero-order chi connectivity index (χ0) is 10.7. The summed E-state index contributed by atoms with van der Waals surface area (Å²) in [5.41, 5.74) is 2.54. The Morgan fingerprint density at radius 3 is 2.57 bits per heavy atom. The molecule has 14 heavy (non-hydrogen) atoms. The SMILES string of the molecule is CC.Cc1nc2cnc(F)cn2c1C. The molecule has 0 N–H and O–H groups in total. The first-order chi connectivity index (χ1) is 6.68. The molecule has 0 fully saturated rings. The largest absolute Gasteiger partial charge is 0.298 e. The number of aryl methyl sites for hydroxylation is 2. The highest BCUT2D eigenvalue weighted by Gasteiger charge is 2.04. The predicted octanol–water partition coefficient (Wildman–Crippen LogP) is 2.51. The molecule has 0 bridgehead atoms. The Bertz CT molecular complexity index is 434. The minimum absolute atomic E-state index is 0.483. The van der Waals surface area contributed by atoms with Gasteiger partial charge in [0.15, 0.2) is 5.65 Å². The Balaban J connectivity index is 0.000000461. The quantitative estimate of drug-likeness (QED) is 0.646. The Labute approximate surface area is 82.6 Å². The van der Waals surface area contributed by atoms with E-state index < -0.39 is 5.95 Å². The minimum atomic E-state index is -0.483. The van der Waals surface area contributed by atoms with Crippen LogP contribution in [-0.4, -0.2) is 14.4 Å². The zero-order valence-electron chi connectivity index (χ0n) is 8.87. The molecule has 4 heteroatoms. The second-order valence-corrected chi connectivity index (χ2v) is 2.72. The maximum atomic E-state index is 12.7. The van der Waals surface area contributed by atoms with Crippen molar-refractivity contribution < 1.29 is 4.39 Å². The average Bonchev–Trinajstić information content (AvgIpc) is 2.48. The summed E-state index contributed by atoms with van der Waals surface area (Å²) in [7, 11) is 0. The van der Waals surface area contributed by atoms with Crippen LogP contribution in [0, 0.1) is 19.8 Å². The normalized spacial score (nSPS) is 9.79. The minimum Gasteiger partial charge on any atom is -0.298 e. The van der Waals surface area contributed by atoms with Gasteiger partial charge in [-0.05, 0) is 13.8 Å². The molecule has 0 aromatic carbocycles. The molecule has 0 aliphatic heterocycles. The van der Waals surface area contributed by atoms with E-state index in [2.05, 4.69) is 9.97 Å². The molecule has 2 heterocycles. The van der Waals surface area contributed by atoms with Gasteiger partial charge < -0.3 is 0 Å². The van der Waals surface area contributed by atoms with Gasteiger partial charge in [-0.3, -0.25) is 4.40 Å². The molecule has 0 unspecified atom stereocenters. The van der Waals surface area contributed by atoms with Crippen LogP contribution < -0.4 is 0 Å². The standard InChI is InChI=1S/C8H8FN3.C2H6/c1-5-6(2)12-4-7(9)10-3-8(12)11-5;1-2/h3-4H,1-2H3;1-2H3. The van der Waals surface area contributed by atoms with Crippen LogP contribution in [0.5, 0.6) is 0 Å². The van der Waals surface area contributed by atoms with E-state index in [1.807, 2.05) is 27.7 Å². The highest BCUT2D eigenvalue weighted by molar-refractivity contribution is 5.39. The Morgan fingerprint density at radius 2 is 1.93 bits per heavy atom. The number of fused-ring (bicyclic) bond motifs is 1. The molecular weight excluding hydrogens is 181 g/mol. The molecule has 2 aromatic heterocycles. The molecule has 76 valence electrons. The summed E-state index contributed by atoms with van der Waals surface area (Å²) in [6.45, 7) is 7.79. The maximum Gasteiger partial charge on any atom is 0.229 e. The first kappa shape index (κ1) is 10.6. The molecule has 0 saturated carbocycles. The predicted molar refractivity (Wildman–Crippen MR) is 53.8 cm³/mol. The van der Waals surface area contributed by atoms with Crippen molar-refractivity contribution in [3.8, 4) is 0 Å². The summed E-state index contributed by atoms with van der Waals surface area (Å²) >= 11 is 0. The van der Waals surface area contributed by atoms with E-state index in [0.717, 1.165) is 11.4 Å². The number of hydrogen-bond donors (Lipinski definition) is 0. The zero-order valence-corrected chi connectivity index (χ0v) is 8.87. The van der Waals surface area contributed by atoms with Crippen LogP contribution in [0.4, 0.5) is 4.39 Å². The van der Waals surface area contributed by atoms with Crippen LogP contribution in [0.25, 0.3) is 5.65 Å². The van der Waals surface area contributed by atoms with Crippen molar-refractivity contribution in [2.24, 2.45) is 0 Å². The van der Waals surface area contributed by atoms with Crippen molar-refractivity contribution in [2.45, 2.75) is 27.7 Å². The molecule has 0 aliphatic rings. The Morgan fingerprint density at radius 1 is 1.29 bits per heavy atom. The van der Waals surface area contributed by atoms with Gasteiger partial charge in [-0.2, -0.15) is 4.39 Å². The highest BCUT2D eigenvalue weighted by atomic mass is 19.1. The van der Waals surface area contributed by atoms with Gasteiger partial charge >= 0.3 is 0 Å². The average molecular weight is 195 g/mol. The third-order valence-corrected chi connectivity index (χ3v) is 1.95. The van der Waals surface area contributed by atoms with Crippen molar-refractivity contribution in [3.63, 3.8) is 0 Å². The first-order valence-electron chi connectivity index (χ1n) is 4.65. The fourth-order valence-electron chi connectivity index (χ4n) is 1.17. The van der Waals surface area contributed by atoms with E-state index in [4.69, 9.17) is 0 Å². The number of aromatic nitrogens is 3. The molecule has 0 spiro atoms. The first-order valence-corrected chi connectivity index (χ1v) is 4.65. The lowest BCUT2D eigenvalue weighted by Crippen LogP contribution is -1.91. The monoisotopic (exact) mass is 195 g/mol. The lowest BCUT2D eigenvalue weighted by atomic mass is 10.4. The summed E-state index contributed by atoms with van der Waals surface area (Å²) in [5, 5.41) is 0. The van der Waals surface area contributed by atoms with Gasteiger partial charge in [-0.25, -0.2) is 9.97 Å². The molecule has 0 amide bonds. The van der Waals surface area contributed by atoms with Crippen LogP contribution in [0.15, 0.2) is 12.4 Å². The van der Waals surface area contributed by atoms with Crippen molar-refractivity contribution in [2.75, 3.05) is 0 Å². The third-order valence-electron chi connectivity index (χ3n) is 1.95. The van der Waals surface area contributed by atoms with Crippen LogP contribution in [0.2, 0.25) is 0 Å². The van der Waals surface area contributed by atoms with Gasteiger partial charge in [-0.15, -0.1) is 0 Å². The Hall–Kier alpha value is -1.45. The summed E-state index contributed by atoms with van der Waals surface area (Å²) in [4.78, 5) is 7.70. The second kappa shape index (κ2) is 4.17. The summed E-state index contributed by atoms with van der Waals surface area (Å²) in [5.74, 6) is -0.483. The van der Waals surface area contributed by atoms with E-state index in [-0.39, 0.29) is 0 Å². The number of hydrogen-bond acceptors (Lipinski definition) is 2. The second-order valence-electron chi connectivity index (χ2n) is 2.72. The Kier molecular flexibility index (Phi) is 3.17. The number of imidazole rings is 1. The van der Waals surface area contributed by atoms with Gasteiger partial charge in [0.2, 0.25) is 5.95 Å². The van der Waals surface area contributed by atoms with Gasteiger partial charge in [0.1, 0.15) is 0 Å². The fraction of sp³-hybridized carbons (Fsp3) is 0.400. The van der Waals surface area contributed by atoms with Gasteiger partial charge in [-0.1, -0.05) is 13.8 Å². The number of nitrogens with zero attached hydrogens (tertiary/aromatic N) is 3. The van der Waals surface area contributed by atoms with Gasteiger partial charge in [0.05, 0.1) is 18.1 Å². The third kappa shape index (κ3) is 1.73. The van der Waals surface area contributed by atoms with E-state index in [1.165, 1.54) is 12.4 Å². The van der Waals surface area contributed by atoms with Crippen molar-refractivity contribution >= 4 is 5.65 Å². The molecular formula is C10H14FN3. The lowest BCUT2D eigenvalue weighted by Gasteiger charge is -1.94. The number of rotatable bonds is 0. The summed E-state index contributed by atoms with van der Waals surface area (Å²) in [6, 6.07) is 0. The van der Waals surface area contributed by atoms with Crippen LogP contribution in [0.1, 0.15) is 25.2 Å². The lowest BCUT2D eigenvalue weighted by molar-refractivity contribution is 0.574. The summed E-state index contributed by atoms with van der Waals surface area (Å²) in [6.07, 6.45) is 2.76. The summed E-state index contributed by atoms with van der Waals surface area (Å²) < 4.78 is 14.4. The van der Waals surface area contributed by atoms with Crippen molar-refractivity contribution in [1.29, 1.82) is 0 Å². The molecule has 0 saturated heterocycles. The van der Waals surface area contributed by atoms with Crippen LogP contribution in [-0.2, 0) is 0 Å². The van der Waals surface area contributed by atoms with Crippen LogP contribution >= 0.6 is 0 Å². The maximum absolute atomic E-state index is 12.7.